The summed E-state index contributed by atoms with van der Waals surface area (Å²) >= 11 is 0. The first-order chi connectivity index (χ1) is 14.3. The van der Waals surface area contributed by atoms with E-state index in [2.05, 4.69) is 25.8 Å². The molecule has 0 atom stereocenters. The average molecular weight is 401 g/mol. The highest BCUT2D eigenvalue weighted by molar-refractivity contribution is 6.16. The predicted molar refractivity (Wildman–Crippen MR) is 117 cm³/mol. The lowest BCUT2D eigenvalue weighted by Crippen LogP contribution is -2.13. The summed E-state index contributed by atoms with van der Waals surface area (Å²) in [5, 5.41) is 0.688. The molecule has 2 aromatic carbocycles. The molecule has 0 aliphatic heterocycles. The molecule has 2 heterocycles. The minimum Gasteiger partial charge on any atom is -0.497 e. The van der Waals surface area contributed by atoms with Gasteiger partial charge in [0, 0.05) is 28.3 Å². The Bertz CT molecular complexity index is 1300. The smallest absolute Gasteiger partial charge is 0.255 e. The second-order valence-electron chi connectivity index (χ2n) is 8.27. The van der Waals surface area contributed by atoms with E-state index < -0.39 is 0 Å². The number of aromatic amines is 1. The second kappa shape index (κ2) is 7.34. The molecule has 1 N–H and O–H groups in total. The number of benzene rings is 2. The van der Waals surface area contributed by atoms with Crippen LogP contribution in [0.2, 0.25) is 0 Å². The number of furan rings is 1. The van der Waals surface area contributed by atoms with Crippen molar-refractivity contribution in [2.45, 2.75) is 26.2 Å². The summed E-state index contributed by atoms with van der Waals surface area (Å²) < 4.78 is 11.1. The number of carbonyl (C=O) groups is 1. The number of methoxy groups -OCH3 is 1. The molecule has 2 aromatic heterocycles. The third-order valence-electron chi connectivity index (χ3n) is 5.19. The summed E-state index contributed by atoms with van der Waals surface area (Å²) in [5.41, 5.74) is 3.43. The van der Waals surface area contributed by atoms with Crippen molar-refractivity contribution in [1.82, 2.24) is 4.98 Å². The second-order valence-corrected chi connectivity index (χ2v) is 8.27. The third-order valence-corrected chi connectivity index (χ3v) is 5.19. The topological polar surface area (TPSA) is 72.3 Å². The monoisotopic (exact) mass is 401 g/mol. The first-order valence-electron chi connectivity index (χ1n) is 9.72. The van der Waals surface area contributed by atoms with Crippen LogP contribution in [0.1, 0.15) is 42.3 Å². The van der Waals surface area contributed by atoms with Crippen LogP contribution in [0, 0.1) is 0 Å². The maximum atomic E-state index is 13.3. The summed E-state index contributed by atoms with van der Waals surface area (Å²) in [6.07, 6.45) is 3.10. The largest absolute Gasteiger partial charge is 0.497 e. The summed E-state index contributed by atoms with van der Waals surface area (Å²) in [7, 11) is 1.57. The van der Waals surface area contributed by atoms with Gasteiger partial charge in [-0.1, -0.05) is 32.9 Å². The van der Waals surface area contributed by atoms with Crippen LogP contribution in [0.15, 0.2) is 70.2 Å². The van der Waals surface area contributed by atoms with Gasteiger partial charge in [0.2, 0.25) is 0 Å². The number of hydrogen-bond donors (Lipinski definition) is 1. The zero-order valence-corrected chi connectivity index (χ0v) is 17.4. The third kappa shape index (κ3) is 3.43. The number of H-pyrrole nitrogens is 1. The molecule has 4 aromatic rings. The van der Waals surface area contributed by atoms with Crippen molar-refractivity contribution in [3.8, 4) is 16.9 Å². The summed E-state index contributed by atoms with van der Waals surface area (Å²) in [5.74, 6) is 0.451. The van der Waals surface area contributed by atoms with Crippen molar-refractivity contribution in [3.05, 3.63) is 88.0 Å². The lowest BCUT2D eigenvalue weighted by molar-refractivity contribution is 0.103. The van der Waals surface area contributed by atoms with E-state index in [-0.39, 0.29) is 16.8 Å². The summed E-state index contributed by atoms with van der Waals surface area (Å²) in [4.78, 5) is 28.4. The van der Waals surface area contributed by atoms with Crippen molar-refractivity contribution in [1.29, 1.82) is 0 Å². The minimum absolute atomic E-state index is 0.161. The zero-order chi connectivity index (χ0) is 21.5. The Kier molecular flexibility index (Phi) is 4.82. The Hall–Kier alpha value is -3.60. The Labute approximate surface area is 174 Å². The van der Waals surface area contributed by atoms with Gasteiger partial charge in [-0.05, 0) is 47.4 Å². The molecule has 0 saturated heterocycles. The van der Waals surface area contributed by atoms with E-state index in [4.69, 9.17) is 9.15 Å². The highest BCUT2D eigenvalue weighted by atomic mass is 16.5. The quantitative estimate of drug-likeness (QED) is 0.470. The summed E-state index contributed by atoms with van der Waals surface area (Å²) in [6.45, 7) is 6.23. The molecule has 30 heavy (non-hydrogen) atoms. The van der Waals surface area contributed by atoms with E-state index >= 15 is 0 Å². The zero-order valence-electron chi connectivity index (χ0n) is 17.4. The maximum Gasteiger partial charge on any atom is 0.255 e. The number of ketones is 1. The van der Waals surface area contributed by atoms with Gasteiger partial charge in [-0.3, -0.25) is 9.59 Å². The van der Waals surface area contributed by atoms with E-state index in [1.165, 1.54) is 6.26 Å². The molecule has 0 amide bonds. The Morgan fingerprint density at radius 3 is 2.57 bits per heavy atom. The van der Waals surface area contributed by atoms with Crippen LogP contribution in [0.3, 0.4) is 0 Å². The lowest BCUT2D eigenvalue weighted by Gasteiger charge is -2.20. The number of carbonyl (C=O) groups excluding carboxylic acids is 1. The maximum absolute atomic E-state index is 13.3. The fourth-order valence-corrected chi connectivity index (χ4v) is 3.59. The highest BCUT2D eigenvalue weighted by Gasteiger charge is 2.25. The molecule has 0 unspecified atom stereocenters. The van der Waals surface area contributed by atoms with Crippen LogP contribution in [0.25, 0.3) is 22.1 Å². The van der Waals surface area contributed by atoms with Crippen molar-refractivity contribution in [3.63, 3.8) is 0 Å². The normalized spacial score (nSPS) is 11.6. The Balaban J connectivity index is 1.97. The van der Waals surface area contributed by atoms with Crippen LogP contribution in [-0.4, -0.2) is 17.9 Å². The van der Waals surface area contributed by atoms with E-state index in [9.17, 15) is 9.59 Å². The number of fused-ring (bicyclic) bond motifs is 1. The van der Waals surface area contributed by atoms with Gasteiger partial charge in [0.05, 0.1) is 12.7 Å². The van der Waals surface area contributed by atoms with Crippen LogP contribution in [0.5, 0.6) is 5.75 Å². The molecule has 152 valence electrons. The molecular formula is C25H23NO4. The van der Waals surface area contributed by atoms with Crippen LogP contribution in [-0.2, 0) is 5.41 Å². The van der Waals surface area contributed by atoms with Gasteiger partial charge < -0.3 is 14.1 Å². The predicted octanol–water partition coefficient (Wildman–Crippen LogP) is 5.33. The van der Waals surface area contributed by atoms with Crippen LogP contribution < -0.4 is 10.3 Å². The van der Waals surface area contributed by atoms with Crippen molar-refractivity contribution >= 4 is 16.8 Å². The molecule has 0 radical (unpaired) electrons. The van der Waals surface area contributed by atoms with Gasteiger partial charge in [-0.25, -0.2) is 0 Å². The standard InChI is InChI=1S/C25H23NO4/c1-25(2,3)21-13-16(18-9-6-10-26-24(18)28)12-19-20(14-30-23(19)21)22(27)15-7-5-8-17(11-15)29-4/h5-14H,1-4H3,(H,26,28). The van der Waals surface area contributed by atoms with E-state index in [1.54, 1.807) is 49.7 Å². The molecular weight excluding hydrogens is 378 g/mol. The first kappa shape index (κ1) is 19.7. The molecule has 0 saturated carbocycles. The van der Waals surface area contributed by atoms with E-state index in [1.807, 2.05) is 12.1 Å². The van der Waals surface area contributed by atoms with Crippen LogP contribution in [0.4, 0.5) is 0 Å². The van der Waals surface area contributed by atoms with Gasteiger partial charge in [-0.2, -0.15) is 0 Å². The molecule has 0 aliphatic rings. The van der Waals surface area contributed by atoms with Gasteiger partial charge >= 0.3 is 0 Å². The SMILES string of the molecule is COc1cccc(C(=O)c2coc3c(C(C)(C)C)cc(-c4ccc[nH]c4=O)cc23)c1. The molecule has 0 fully saturated rings. The van der Waals surface area contributed by atoms with Crippen molar-refractivity contribution < 1.29 is 13.9 Å². The van der Waals surface area contributed by atoms with Gasteiger partial charge in [0.15, 0.2) is 5.78 Å². The van der Waals surface area contributed by atoms with Gasteiger partial charge in [0.25, 0.3) is 5.56 Å². The van der Waals surface area contributed by atoms with E-state index in [0.29, 0.717) is 33.4 Å². The number of aromatic nitrogens is 1. The molecule has 4 rings (SSSR count). The number of ether oxygens (including phenoxy) is 1. The molecule has 0 bridgehead atoms. The van der Waals surface area contributed by atoms with Crippen LogP contribution >= 0.6 is 0 Å². The summed E-state index contributed by atoms with van der Waals surface area (Å²) in [6, 6.07) is 14.4. The van der Waals surface area contributed by atoms with Crippen molar-refractivity contribution in [2.24, 2.45) is 0 Å². The first-order valence-corrected chi connectivity index (χ1v) is 9.72. The highest BCUT2D eigenvalue weighted by Crippen LogP contribution is 2.37. The average Bonchev–Trinajstić information content (AvgIpc) is 3.16. The fourth-order valence-electron chi connectivity index (χ4n) is 3.59. The van der Waals surface area contributed by atoms with Crippen molar-refractivity contribution in [2.75, 3.05) is 7.11 Å². The van der Waals surface area contributed by atoms with Gasteiger partial charge in [0.1, 0.15) is 17.6 Å². The fraction of sp³-hybridized carbons (Fsp3) is 0.200. The molecule has 5 nitrogen and oxygen atoms in total. The number of pyridine rings is 1. The number of hydrogen-bond acceptors (Lipinski definition) is 4. The van der Waals surface area contributed by atoms with E-state index in [0.717, 1.165) is 11.1 Å². The number of rotatable bonds is 4. The molecule has 5 heteroatoms. The van der Waals surface area contributed by atoms with Gasteiger partial charge in [-0.15, -0.1) is 0 Å². The molecule has 0 aliphatic carbocycles. The Morgan fingerprint density at radius 1 is 1.07 bits per heavy atom. The molecule has 0 spiro atoms. The lowest BCUT2D eigenvalue weighted by atomic mass is 9.83. The number of nitrogens with one attached hydrogen (secondary N) is 1. The Morgan fingerprint density at radius 2 is 1.87 bits per heavy atom. The minimum atomic E-state index is -0.246.